The minimum atomic E-state index is -0.123. The van der Waals surface area contributed by atoms with E-state index in [1.54, 1.807) is 5.57 Å². The molecule has 256 valence electrons. The lowest BCUT2D eigenvalue weighted by Crippen LogP contribution is -2.42. The van der Waals surface area contributed by atoms with Gasteiger partial charge < -0.3 is 15.5 Å². The van der Waals surface area contributed by atoms with Gasteiger partial charge in [-0.15, -0.1) is 0 Å². The van der Waals surface area contributed by atoms with Gasteiger partial charge in [0.05, 0.1) is 11.4 Å². The second-order valence-corrected chi connectivity index (χ2v) is 15.4. The summed E-state index contributed by atoms with van der Waals surface area (Å²) in [5.74, 6) is 4.62. The van der Waals surface area contributed by atoms with Crippen molar-refractivity contribution in [2.75, 3.05) is 0 Å². The predicted octanol–water partition coefficient (Wildman–Crippen LogP) is 9.21. The molecular formula is C46H47N5. The Labute approximate surface area is 302 Å². The van der Waals surface area contributed by atoms with Crippen molar-refractivity contribution in [1.82, 2.24) is 15.5 Å². The van der Waals surface area contributed by atoms with Crippen LogP contribution in [0.4, 0.5) is 0 Å². The van der Waals surface area contributed by atoms with Crippen LogP contribution in [0.25, 0.3) is 0 Å². The summed E-state index contributed by atoms with van der Waals surface area (Å²) in [7, 11) is 0. The van der Waals surface area contributed by atoms with Gasteiger partial charge in [-0.25, -0.2) is 9.98 Å². The highest BCUT2D eigenvalue weighted by Crippen LogP contribution is 2.53. The molecule has 51 heavy (non-hydrogen) atoms. The Bertz CT molecular complexity index is 2020. The fourth-order valence-electron chi connectivity index (χ4n) is 9.94. The standard InChI is InChI=1S/C46H47N5/c1-3-13-31(14-4-1)43-48-44(32-15-5-2-6-16-32)50-45(49-43)35-18-11-17-34(29-35)30-25-27-33(28-26-30)46-47-40-23-12-22-39-37-20-8-7-19-36(37)38-21-9-10-24-41(38)51(46)42(39)40/h1-6,8-11,13,15,17-18,20,23-25,27-32,36-38,43,46-47H,7,12,14,16,19,21-22,26H2,(H,48,49,50). The summed E-state index contributed by atoms with van der Waals surface area (Å²) in [6.07, 6.45) is 48.3. The normalized spacial score (nSPS) is 34.3. The summed E-state index contributed by atoms with van der Waals surface area (Å²) >= 11 is 0. The first-order chi connectivity index (χ1) is 25.3. The van der Waals surface area contributed by atoms with Gasteiger partial charge in [-0.1, -0.05) is 115 Å². The molecule has 1 aromatic carbocycles. The summed E-state index contributed by atoms with van der Waals surface area (Å²) in [6, 6.07) is 9.04. The number of nitrogens with one attached hydrogen (secondary N) is 2. The monoisotopic (exact) mass is 669 g/mol. The van der Waals surface area contributed by atoms with Crippen LogP contribution in [-0.2, 0) is 0 Å². The number of nitrogens with zero attached hydrogens (tertiary/aromatic N) is 3. The summed E-state index contributed by atoms with van der Waals surface area (Å²) in [6.45, 7) is 0. The van der Waals surface area contributed by atoms with E-state index in [2.05, 4.69) is 143 Å². The van der Waals surface area contributed by atoms with Crippen LogP contribution in [0.1, 0.15) is 68.4 Å². The second-order valence-electron chi connectivity index (χ2n) is 15.4. The maximum Gasteiger partial charge on any atom is 0.150 e. The Kier molecular flexibility index (Phi) is 7.88. The van der Waals surface area contributed by atoms with Crippen LogP contribution >= 0.6 is 0 Å². The van der Waals surface area contributed by atoms with Crippen LogP contribution in [0.15, 0.2) is 166 Å². The molecule has 5 heteroatoms. The molecule has 0 amide bonds. The summed E-state index contributed by atoms with van der Waals surface area (Å²) in [4.78, 5) is 13.1. The van der Waals surface area contributed by atoms with E-state index in [1.807, 2.05) is 0 Å². The first-order valence-electron chi connectivity index (χ1n) is 19.4. The largest absolute Gasteiger partial charge is 0.360 e. The molecule has 3 aliphatic heterocycles. The minimum absolute atomic E-state index is 0.123. The van der Waals surface area contributed by atoms with Crippen molar-refractivity contribution in [2.24, 2.45) is 39.6 Å². The van der Waals surface area contributed by atoms with E-state index in [0.29, 0.717) is 23.7 Å². The van der Waals surface area contributed by atoms with Crippen LogP contribution in [0.5, 0.6) is 0 Å². The van der Waals surface area contributed by atoms with Crippen molar-refractivity contribution in [3.05, 3.63) is 167 Å². The highest BCUT2D eigenvalue weighted by atomic mass is 15.4. The first kappa shape index (κ1) is 30.9. The smallest absolute Gasteiger partial charge is 0.150 e. The molecule has 0 radical (unpaired) electrons. The van der Waals surface area contributed by atoms with Gasteiger partial charge >= 0.3 is 0 Å². The SMILES string of the molecule is C1=CCC(C2=NC(C3C=CC=CC3)N=C(c3cccc(C4C=CC(C5NC6=CCCC7=C6N5C5=CC=CCC5C5CCC=CC75)=CC4)c3)N2)C=C1. The Balaban J connectivity index is 0.924. The molecule has 10 rings (SSSR count). The van der Waals surface area contributed by atoms with Crippen LogP contribution in [-0.4, -0.2) is 28.9 Å². The van der Waals surface area contributed by atoms with Gasteiger partial charge in [0.15, 0.2) is 6.17 Å². The van der Waals surface area contributed by atoms with Crippen LogP contribution in [0.2, 0.25) is 0 Å². The van der Waals surface area contributed by atoms with Gasteiger partial charge in [0, 0.05) is 40.9 Å². The maximum atomic E-state index is 5.23. The third-order valence-corrected chi connectivity index (χ3v) is 12.5. The van der Waals surface area contributed by atoms with E-state index < -0.39 is 0 Å². The third-order valence-electron chi connectivity index (χ3n) is 12.5. The van der Waals surface area contributed by atoms with Crippen molar-refractivity contribution in [2.45, 2.75) is 69.6 Å². The molecular weight excluding hydrogens is 623 g/mol. The lowest BCUT2D eigenvalue weighted by molar-refractivity contribution is 0.250. The van der Waals surface area contributed by atoms with Crippen molar-refractivity contribution < 1.29 is 0 Å². The molecule has 0 aromatic heterocycles. The predicted molar refractivity (Wildman–Crippen MR) is 208 cm³/mol. The molecule has 0 saturated carbocycles. The number of amidine groups is 2. The average molecular weight is 670 g/mol. The molecule has 9 aliphatic rings. The van der Waals surface area contributed by atoms with Gasteiger partial charge in [0.25, 0.3) is 0 Å². The van der Waals surface area contributed by atoms with Gasteiger partial charge in [-0.2, -0.15) is 0 Å². The first-order valence-corrected chi connectivity index (χ1v) is 19.4. The fourth-order valence-corrected chi connectivity index (χ4v) is 9.94. The van der Waals surface area contributed by atoms with E-state index >= 15 is 0 Å². The van der Waals surface area contributed by atoms with E-state index in [9.17, 15) is 0 Å². The van der Waals surface area contributed by atoms with Crippen LogP contribution in [0, 0.1) is 29.6 Å². The lowest BCUT2D eigenvalue weighted by Gasteiger charge is -2.38. The lowest BCUT2D eigenvalue weighted by atomic mass is 9.69. The van der Waals surface area contributed by atoms with Crippen molar-refractivity contribution >= 4 is 11.7 Å². The van der Waals surface area contributed by atoms with Gasteiger partial charge in [0.1, 0.15) is 17.8 Å². The van der Waals surface area contributed by atoms with Crippen LogP contribution in [0.3, 0.4) is 0 Å². The number of hydrogen-bond acceptors (Lipinski definition) is 5. The molecule has 2 N–H and O–H groups in total. The zero-order valence-electron chi connectivity index (χ0n) is 29.2. The number of hydrogen-bond donors (Lipinski definition) is 2. The van der Waals surface area contributed by atoms with Crippen molar-refractivity contribution in [3.8, 4) is 0 Å². The van der Waals surface area contributed by atoms with Gasteiger partial charge in [-0.05, 0) is 86.1 Å². The Morgan fingerprint density at radius 2 is 1.71 bits per heavy atom. The summed E-state index contributed by atoms with van der Waals surface area (Å²) in [5.41, 5.74) is 9.84. The number of aliphatic imine (C=N–C) groups is 2. The number of benzene rings is 1. The molecule has 8 atom stereocenters. The molecule has 5 nitrogen and oxygen atoms in total. The van der Waals surface area contributed by atoms with Gasteiger partial charge in [-0.3, -0.25) is 0 Å². The quantitative estimate of drug-likeness (QED) is 0.308. The molecule has 0 bridgehead atoms. The average Bonchev–Trinajstić information content (AvgIpc) is 3.56. The molecule has 8 unspecified atom stereocenters. The maximum absolute atomic E-state index is 5.23. The zero-order chi connectivity index (χ0) is 33.7. The van der Waals surface area contributed by atoms with E-state index in [1.165, 1.54) is 47.5 Å². The molecule has 6 aliphatic carbocycles. The Morgan fingerprint density at radius 1 is 0.784 bits per heavy atom. The van der Waals surface area contributed by atoms with E-state index in [-0.39, 0.29) is 24.2 Å². The second kappa shape index (κ2) is 13.0. The molecule has 1 saturated heterocycles. The highest BCUT2D eigenvalue weighted by Gasteiger charge is 2.47. The highest BCUT2D eigenvalue weighted by molar-refractivity contribution is 6.11. The third kappa shape index (κ3) is 5.53. The van der Waals surface area contributed by atoms with E-state index in [4.69, 9.17) is 9.98 Å². The van der Waals surface area contributed by atoms with Crippen LogP contribution < -0.4 is 10.6 Å². The number of fused-ring (bicyclic) bond motifs is 5. The minimum Gasteiger partial charge on any atom is -0.360 e. The Morgan fingerprint density at radius 3 is 2.57 bits per heavy atom. The summed E-state index contributed by atoms with van der Waals surface area (Å²) < 4.78 is 0. The number of rotatable bonds is 5. The molecule has 0 spiro atoms. The van der Waals surface area contributed by atoms with Crippen molar-refractivity contribution in [3.63, 3.8) is 0 Å². The molecule has 3 heterocycles. The fraction of sp³-hybridized carbons (Fsp3) is 0.348. The zero-order valence-corrected chi connectivity index (χ0v) is 29.2. The van der Waals surface area contributed by atoms with Gasteiger partial charge in [0.2, 0.25) is 0 Å². The Hall–Kier alpha value is -4.90. The van der Waals surface area contributed by atoms with E-state index in [0.717, 1.165) is 49.3 Å². The van der Waals surface area contributed by atoms with Crippen molar-refractivity contribution in [1.29, 1.82) is 0 Å². The molecule has 1 fully saturated rings. The molecule has 1 aromatic rings. The summed E-state index contributed by atoms with van der Waals surface area (Å²) in [5, 5.41) is 7.71. The number of allylic oxidation sites excluding steroid dienone is 16. The topological polar surface area (TPSA) is 52.0 Å².